The van der Waals surface area contributed by atoms with Crippen LogP contribution in [0, 0.1) is 11.3 Å². The van der Waals surface area contributed by atoms with Crippen molar-refractivity contribution < 1.29 is 4.79 Å². The highest BCUT2D eigenvalue weighted by Crippen LogP contribution is 2.12. The summed E-state index contributed by atoms with van der Waals surface area (Å²) < 4.78 is 0. The highest BCUT2D eigenvalue weighted by molar-refractivity contribution is 5.82. The smallest absolute Gasteiger partial charge is 0.178 e. The van der Waals surface area contributed by atoms with Crippen molar-refractivity contribution in [3.05, 3.63) is 77.7 Å². The number of rotatable bonds is 5. The minimum atomic E-state index is 0.0605. The molecule has 0 saturated carbocycles. The van der Waals surface area contributed by atoms with Crippen LogP contribution in [-0.4, -0.2) is 20.7 Å². The van der Waals surface area contributed by atoms with Crippen molar-refractivity contribution in [3.63, 3.8) is 0 Å². The van der Waals surface area contributed by atoms with Gasteiger partial charge in [-0.25, -0.2) is 9.97 Å². The summed E-state index contributed by atoms with van der Waals surface area (Å²) in [5, 5.41) is 8.79. The summed E-state index contributed by atoms with van der Waals surface area (Å²) in [5.41, 5.74) is 2.82. The van der Waals surface area contributed by atoms with Crippen molar-refractivity contribution in [3.8, 4) is 17.6 Å². The second-order valence-corrected chi connectivity index (χ2v) is 5.29. The normalized spacial score (nSPS) is 10.1. The second kappa shape index (κ2) is 7.25. The molecule has 3 rings (SSSR count). The molecular formula is C19H14N4O. The first-order valence-electron chi connectivity index (χ1n) is 7.48. The van der Waals surface area contributed by atoms with Gasteiger partial charge in [0.2, 0.25) is 0 Å². The average molecular weight is 314 g/mol. The molecule has 116 valence electrons. The largest absolute Gasteiger partial charge is 0.299 e. The maximum atomic E-state index is 12.2. The summed E-state index contributed by atoms with van der Waals surface area (Å²) in [6, 6.07) is 16.4. The van der Waals surface area contributed by atoms with Crippen molar-refractivity contribution in [2.45, 2.75) is 12.8 Å². The van der Waals surface area contributed by atoms with Gasteiger partial charge in [0, 0.05) is 25.2 Å². The van der Waals surface area contributed by atoms with Gasteiger partial charge in [-0.1, -0.05) is 18.2 Å². The van der Waals surface area contributed by atoms with Gasteiger partial charge in [0.05, 0.1) is 17.3 Å². The van der Waals surface area contributed by atoms with E-state index in [2.05, 4.69) is 21.0 Å². The highest BCUT2D eigenvalue weighted by Gasteiger charge is 2.09. The fourth-order valence-corrected chi connectivity index (χ4v) is 2.30. The van der Waals surface area contributed by atoms with E-state index in [9.17, 15) is 4.79 Å². The van der Waals surface area contributed by atoms with Gasteiger partial charge in [0.1, 0.15) is 11.5 Å². The van der Waals surface area contributed by atoms with E-state index >= 15 is 0 Å². The summed E-state index contributed by atoms with van der Waals surface area (Å²) in [7, 11) is 0. The Labute approximate surface area is 139 Å². The molecule has 0 unspecified atom stereocenters. The Balaban J connectivity index is 1.69. The van der Waals surface area contributed by atoms with Crippen LogP contribution in [0.3, 0.4) is 0 Å². The van der Waals surface area contributed by atoms with Gasteiger partial charge >= 0.3 is 0 Å². The molecule has 5 nitrogen and oxygen atoms in total. The summed E-state index contributed by atoms with van der Waals surface area (Å²) in [6.07, 6.45) is 3.87. The molecule has 3 aromatic rings. The number of carbonyl (C=O) groups is 1. The van der Waals surface area contributed by atoms with Crippen LogP contribution in [-0.2, 0) is 17.6 Å². The molecule has 2 aromatic heterocycles. The van der Waals surface area contributed by atoms with Gasteiger partial charge in [-0.3, -0.25) is 9.78 Å². The third-order valence-corrected chi connectivity index (χ3v) is 3.47. The fraction of sp³-hybridized carbons (Fsp3) is 0.105. The molecule has 0 fully saturated rings. The standard InChI is InChI=1S/C19H14N4O/c20-13-15-6-4-14(5-7-15)11-17(24)12-16-8-10-22-19(23-16)18-3-1-2-9-21-18/h1-10H,11-12H2. The number of nitriles is 1. The summed E-state index contributed by atoms with van der Waals surface area (Å²) in [6.45, 7) is 0. The zero-order valence-electron chi connectivity index (χ0n) is 12.9. The molecule has 0 radical (unpaired) electrons. The Bertz CT molecular complexity index is 883. The van der Waals surface area contributed by atoms with Gasteiger partial charge < -0.3 is 0 Å². The number of carbonyl (C=O) groups excluding carboxylic acids is 1. The molecule has 24 heavy (non-hydrogen) atoms. The van der Waals surface area contributed by atoms with E-state index in [4.69, 9.17) is 5.26 Å². The molecular weight excluding hydrogens is 300 g/mol. The monoisotopic (exact) mass is 314 g/mol. The molecule has 0 aliphatic rings. The SMILES string of the molecule is N#Cc1ccc(CC(=O)Cc2ccnc(-c3ccccn3)n2)cc1. The predicted octanol–water partition coefficient (Wildman–Crippen LogP) is 2.76. The molecule has 5 heteroatoms. The van der Waals surface area contributed by atoms with Crippen LogP contribution in [0.2, 0.25) is 0 Å². The van der Waals surface area contributed by atoms with Crippen LogP contribution in [0.5, 0.6) is 0 Å². The average Bonchev–Trinajstić information content (AvgIpc) is 2.63. The van der Waals surface area contributed by atoms with E-state index in [0.717, 1.165) is 5.56 Å². The maximum Gasteiger partial charge on any atom is 0.178 e. The Hall–Kier alpha value is -3.39. The van der Waals surface area contributed by atoms with Crippen molar-refractivity contribution in [2.24, 2.45) is 0 Å². The fourth-order valence-electron chi connectivity index (χ4n) is 2.30. The number of hydrogen-bond acceptors (Lipinski definition) is 5. The van der Waals surface area contributed by atoms with Crippen LogP contribution in [0.25, 0.3) is 11.5 Å². The van der Waals surface area contributed by atoms with Crippen LogP contribution in [0.4, 0.5) is 0 Å². The lowest BCUT2D eigenvalue weighted by atomic mass is 10.0. The van der Waals surface area contributed by atoms with E-state index in [1.54, 1.807) is 42.7 Å². The lowest BCUT2D eigenvalue weighted by Gasteiger charge is -2.04. The number of ketones is 1. The first-order valence-corrected chi connectivity index (χ1v) is 7.48. The van der Waals surface area contributed by atoms with E-state index in [1.165, 1.54) is 0 Å². The summed E-state index contributed by atoms with van der Waals surface area (Å²) in [5.74, 6) is 0.574. The van der Waals surface area contributed by atoms with E-state index in [0.29, 0.717) is 29.2 Å². The first kappa shape index (κ1) is 15.5. The zero-order chi connectivity index (χ0) is 16.8. The van der Waals surface area contributed by atoms with Gasteiger partial charge in [-0.05, 0) is 35.9 Å². The highest BCUT2D eigenvalue weighted by atomic mass is 16.1. The molecule has 0 saturated heterocycles. The van der Waals surface area contributed by atoms with Gasteiger partial charge in [0.25, 0.3) is 0 Å². The molecule has 0 aliphatic carbocycles. The lowest BCUT2D eigenvalue weighted by molar-refractivity contribution is -0.117. The van der Waals surface area contributed by atoms with E-state index < -0.39 is 0 Å². The molecule has 2 heterocycles. The quantitative estimate of drug-likeness (QED) is 0.723. The number of aromatic nitrogens is 3. The predicted molar refractivity (Wildman–Crippen MR) is 88.8 cm³/mol. The van der Waals surface area contributed by atoms with Crippen LogP contribution >= 0.6 is 0 Å². The van der Waals surface area contributed by atoms with Gasteiger partial charge in [-0.15, -0.1) is 0 Å². The van der Waals surface area contributed by atoms with Crippen molar-refractivity contribution in [1.82, 2.24) is 15.0 Å². The first-order chi connectivity index (χ1) is 11.7. The molecule has 0 spiro atoms. The summed E-state index contributed by atoms with van der Waals surface area (Å²) >= 11 is 0. The number of hydrogen-bond donors (Lipinski definition) is 0. The third kappa shape index (κ3) is 3.87. The number of pyridine rings is 1. The van der Waals surface area contributed by atoms with E-state index in [1.807, 2.05) is 18.2 Å². The molecule has 0 bridgehead atoms. The Morgan fingerprint density at radius 1 is 0.958 bits per heavy atom. The lowest BCUT2D eigenvalue weighted by Crippen LogP contribution is -2.08. The second-order valence-electron chi connectivity index (χ2n) is 5.29. The molecule has 0 atom stereocenters. The molecule has 0 N–H and O–H groups in total. The van der Waals surface area contributed by atoms with Crippen LogP contribution < -0.4 is 0 Å². The van der Waals surface area contributed by atoms with Crippen LogP contribution in [0.15, 0.2) is 60.9 Å². The van der Waals surface area contributed by atoms with E-state index in [-0.39, 0.29) is 12.2 Å². The molecule has 0 amide bonds. The molecule has 1 aromatic carbocycles. The number of Topliss-reactive ketones (excluding diaryl/α,β-unsaturated/α-hetero) is 1. The molecule has 0 aliphatic heterocycles. The zero-order valence-corrected chi connectivity index (χ0v) is 12.9. The van der Waals surface area contributed by atoms with Crippen molar-refractivity contribution in [2.75, 3.05) is 0 Å². The number of nitrogens with zero attached hydrogens (tertiary/aromatic N) is 4. The number of benzene rings is 1. The van der Waals surface area contributed by atoms with Gasteiger partial charge in [-0.2, -0.15) is 5.26 Å². The van der Waals surface area contributed by atoms with Crippen molar-refractivity contribution in [1.29, 1.82) is 5.26 Å². The maximum absolute atomic E-state index is 12.2. The Kier molecular flexibility index (Phi) is 4.68. The van der Waals surface area contributed by atoms with Crippen molar-refractivity contribution >= 4 is 5.78 Å². The third-order valence-electron chi connectivity index (χ3n) is 3.47. The minimum Gasteiger partial charge on any atom is -0.299 e. The Morgan fingerprint density at radius 3 is 2.50 bits per heavy atom. The summed E-state index contributed by atoms with van der Waals surface area (Å²) in [4.78, 5) is 25.1. The van der Waals surface area contributed by atoms with Crippen LogP contribution in [0.1, 0.15) is 16.8 Å². The Morgan fingerprint density at radius 2 is 1.79 bits per heavy atom. The topological polar surface area (TPSA) is 79.5 Å². The minimum absolute atomic E-state index is 0.0605. The van der Waals surface area contributed by atoms with Gasteiger partial charge in [0.15, 0.2) is 5.82 Å².